The Morgan fingerprint density at radius 2 is 2.16 bits per heavy atom. The zero-order valence-electron chi connectivity index (χ0n) is 11.0. The van der Waals surface area contributed by atoms with Crippen molar-refractivity contribution < 1.29 is 14.7 Å². The third kappa shape index (κ3) is 2.57. The van der Waals surface area contributed by atoms with E-state index in [1.807, 2.05) is 13.8 Å². The van der Waals surface area contributed by atoms with Crippen molar-refractivity contribution in [3.05, 3.63) is 24.3 Å². The zero-order valence-corrected chi connectivity index (χ0v) is 11.0. The molecule has 0 aromatic carbocycles. The summed E-state index contributed by atoms with van der Waals surface area (Å²) in [5, 5.41) is 9.41. The summed E-state index contributed by atoms with van der Waals surface area (Å²) in [7, 11) is 0. The molecule has 6 nitrogen and oxygen atoms in total. The van der Waals surface area contributed by atoms with Crippen LogP contribution >= 0.6 is 0 Å². The molecular weight excluding hydrogens is 246 g/mol. The molecule has 1 amide bonds. The maximum Gasteiger partial charge on any atom is 0.326 e. The van der Waals surface area contributed by atoms with Crippen LogP contribution in [-0.4, -0.2) is 44.4 Å². The van der Waals surface area contributed by atoms with E-state index in [2.05, 4.69) is 9.97 Å². The summed E-state index contributed by atoms with van der Waals surface area (Å²) in [5.41, 5.74) is -0.256. The molecule has 1 fully saturated rings. The van der Waals surface area contributed by atoms with Gasteiger partial charge < -0.3 is 10.0 Å². The molecule has 1 aromatic heterocycles. The number of amides is 1. The van der Waals surface area contributed by atoms with E-state index in [9.17, 15) is 14.7 Å². The van der Waals surface area contributed by atoms with Crippen molar-refractivity contribution in [3.8, 4) is 0 Å². The molecule has 1 saturated heterocycles. The fourth-order valence-corrected chi connectivity index (χ4v) is 2.64. The molecule has 2 heterocycles. The summed E-state index contributed by atoms with van der Waals surface area (Å²) >= 11 is 0. The first-order chi connectivity index (χ1) is 8.93. The second-order valence-corrected chi connectivity index (χ2v) is 5.42. The lowest BCUT2D eigenvalue weighted by molar-refractivity contribution is -0.148. The highest BCUT2D eigenvalue weighted by Crippen LogP contribution is 2.35. The lowest BCUT2D eigenvalue weighted by Crippen LogP contribution is -2.56. The molecule has 19 heavy (non-hydrogen) atoms. The first-order valence-electron chi connectivity index (χ1n) is 6.23. The van der Waals surface area contributed by atoms with Crippen LogP contribution in [0.25, 0.3) is 0 Å². The van der Waals surface area contributed by atoms with Gasteiger partial charge >= 0.3 is 5.97 Å². The number of carbonyl (C=O) groups is 2. The van der Waals surface area contributed by atoms with Crippen molar-refractivity contribution in [3.63, 3.8) is 0 Å². The van der Waals surface area contributed by atoms with Crippen LogP contribution < -0.4 is 0 Å². The number of aliphatic carboxylic acids is 1. The number of likely N-dealkylation sites (tertiary alicyclic amines) is 1. The number of aromatic nitrogens is 2. The van der Waals surface area contributed by atoms with Gasteiger partial charge in [-0.1, -0.05) is 13.8 Å². The van der Waals surface area contributed by atoms with Gasteiger partial charge in [-0.15, -0.1) is 0 Å². The Bertz CT molecular complexity index is 487. The number of piperidine rings is 1. The smallest absolute Gasteiger partial charge is 0.326 e. The molecule has 2 rings (SSSR count). The summed E-state index contributed by atoms with van der Waals surface area (Å²) in [6, 6.07) is -0.823. The van der Waals surface area contributed by atoms with Crippen molar-refractivity contribution in [2.75, 3.05) is 6.54 Å². The minimum atomic E-state index is -0.970. The molecule has 6 heteroatoms. The number of carboxylic acids is 1. The van der Waals surface area contributed by atoms with E-state index in [-0.39, 0.29) is 11.6 Å². The number of rotatable bonds is 2. The fraction of sp³-hybridized carbons (Fsp3) is 0.538. The Balaban J connectivity index is 2.32. The van der Waals surface area contributed by atoms with Crippen molar-refractivity contribution in [1.29, 1.82) is 0 Å². The van der Waals surface area contributed by atoms with Gasteiger partial charge in [-0.2, -0.15) is 0 Å². The molecule has 1 unspecified atom stereocenters. The lowest BCUT2D eigenvalue weighted by Gasteiger charge is -2.43. The van der Waals surface area contributed by atoms with Crippen LogP contribution in [0.3, 0.4) is 0 Å². The van der Waals surface area contributed by atoms with Crippen molar-refractivity contribution in [2.24, 2.45) is 5.41 Å². The number of hydrogen-bond donors (Lipinski definition) is 1. The quantitative estimate of drug-likeness (QED) is 0.866. The molecule has 0 bridgehead atoms. The largest absolute Gasteiger partial charge is 0.480 e. The highest BCUT2D eigenvalue weighted by Gasteiger charge is 2.44. The van der Waals surface area contributed by atoms with Crippen LogP contribution in [0.4, 0.5) is 0 Å². The van der Waals surface area contributed by atoms with E-state index in [0.717, 1.165) is 12.8 Å². The molecule has 0 aliphatic carbocycles. The Morgan fingerprint density at radius 1 is 1.42 bits per heavy atom. The molecule has 0 radical (unpaired) electrons. The van der Waals surface area contributed by atoms with Crippen molar-refractivity contribution >= 4 is 11.9 Å². The molecule has 0 saturated carbocycles. The Hall–Kier alpha value is -1.98. The number of carbonyl (C=O) groups excluding carboxylic acids is 1. The number of carboxylic acid groups (broad SMARTS) is 1. The summed E-state index contributed by atoms with van der Waals surface area (Å²) in [5.74, 6) is -1.34. The van der Waals surface area contributed by atoms with Crippen molar-refractivity contribution in [2.45, 2.75) is 32.7 Å². The molecular formula is C13H17N3O3. The van der Waals surface area contributed by atoms with Gasteiger partial charge in [-0.05, 0) is 18.3 Å². The summed E-state index contributed by atoms with van der Waals surface area (Å²) < 4.78 is 0. The SMILES string of the molecule is CC1(C)CCCN(C(=O)c2cnccn2)C1C(=O)O. The summed E-state index contributed by atoms with van der Waals surface area (Å²) in [4.78, 5) is 33.0. The first kappa shape index (κ1) is 13.5. The van der Waals surface area contributed by atoms with Crippen molar-refractivity contribution in [1.82, 2.24) is 14.9 Å². The van der Waals surface area contributed by atoms with E-state index in [0.29, 0.717) is 6.54 Å². The molecule has 1 aromatic rings. The Labute approximate surface area is 111 Å². The second kappa shape index (κ2) is 4.95. The van der Waals surface area contributed by atoms with Crippen LogP contribution in [0.1, 0.15) is 37.2 Å². The van der Waals surface area contributed by atoms with Gasteiger partial charge in [0, 0.05) is 18.9 Å². The average molecular weight is 263 g/mol. The van der Waals surface area contributed by atoms with Gasteiger partial charge in [0.05, 0.1) is 6.20 Å². The Kier molecular flexibility index (Phi) is 3.50. The van der Waals surface area contributed by atoms with Gasteiger partial charge in [0.15, 0.2) is 0 Å². The maximum atomic E-state index is 12.4. The minimum absolute atomic E-state index is 0.187. The van der Waals surface area contributed by atoms with Crippen LogP contribution in [0.2, 0.25) is 0 Å². The van der Waals surface area contributed by atoms with Gasteiger partial charge in [-0.25, -0.2) is 9.78 Å². The van der Waals surface area contributed by atoms with Gasteiger partial charge in [0.2, 0.25) is 0 Å². The van der Waals surface area contributed by atoms with Crippen LogP contribution in [0.5, 0.6) is 0 Å². The number of nitrogens with zero attached hydrogens (tertiary/aromatic N) is 3. The zero-order chi connectivity index (χ0) is 14.0. The summed E-state index contributed by atoms with van der Waals surface area (Å²) in [6.07, 6.45) is 5.85. The highest BCUT2D eigenvalue weighted by atomic mass is 16.4. The lowest BCUT2D eigenvalue weighted by atomic mass is 9.76. The van der Waals surface area contributed by atoms with E-state index in [4.69, 9.17) is 0 Å². The van der Waals surface area contributed by atoms with E-state index < -0.39 is 17.4 Å². The highest BCUT2D eigenvalue weighted by molar-refractivity contribution is 5.95. The first-order valence-corrected chi connectivity index (χ1v) is 6.23. The molecule has 1 atom stereocenters. The van der Waals surface area contributed by atoms with Gasteiger partial charge in [0.25, 0.3) is 5.91 Å². The summed E-state index contributed by atoms with van der Waals surface area (Å²) in [6.45, 7) is 4.19. The third-order valence-electron chi connectivity index (χ3n) is 3.55. The van der Waals surface area contributed by atoms with Crippen LogP contribution in [0.15, 0.2) is 18.6 Å². The van der Waals surface area contributed by atoms with E-state index >= 15 is 0 Å². The standard InChI is InChI=1S/C13H17N3O3/c1-13(2)4-3-7-16(10(13)12(18)19)11(17)9-8-14-5-6-15-9/h5-6,8,10H,3-4,7H2,1-2H3,(H,18,19). The molecule has 1 N–H and O–H groups in total. The minimum Gasteiger partial charge on any atom is -0.480 e. The van der Waals surface area contributed by atoms with Gasteiger partial charge in [0.1, 0.15) is 11.7 Å². The second-order valence-electron chi connectivity index (χ2n) is 5.42. The normalized spacial score (nSPS) is 22.0. The van der Waals surface area contributed by atoms with E-state index in [1.54, 1.807) is 0 Å². The third-order valence-corrected chi connectivity index (χ3v) is 3.55. The molecule has 1 aliphatic heterocycles. The van der Waals surface area contributed by atoms with Crippen LogP contribution in [-0.2, 0) is 4.79 Å². The van der Waals surface area contributed by atoms with Gasteiger partial charge in [-0.3, -0.25) is 9.78 Å². The Morgan fingerprint density at radius 3 is 2.74 bits per heavy atom. The fourth-order valence-electron chi connectivity index (χ4n) is 2.64. The topological polar surface area (TPSA) is 83.4 Å². The maximum absolute atomic E-state index is 12.4. The predicted molar refractivity (Wildman–Crippen MR) is 67.5 cm³/mol. The van der Waals surface area contributed by atoms with E-state index in [1.165, 1.54) is 23.5 Å². The monoisotopic (exact) mass is 263 g/mol. The predicted octanol–water partition coefficient (Wildman–Crippen LogP) is 1.19. The average Bonchev–Trinajstić information content (AvgIpc) is 2.37. The number of hydrogen-bond acceptors (Lipinski definition) is 4. The van der Waals surface area contributed by atoms with Crippen LogP contribution in [0, 0.1) is 5.41 Å². The molecule has 0 spiro atoms. The molecule has 102 valence electrons. The molecule has 1 aliphatic rings.